The Balaban J connectivity index is 1.98. The molecule has 0 aromatic heterocycles. The number of ketones is 1. The van der Waals surface area contributed by atoms with E-state index >= 15 is 0 Å². The third kappa shape index (κ3) is 3.50. The van der Waals surface area contributed by atoms with E-state index in [0.717, 1.165) is 24.0 Å². The van der Waals surface area contributed by atoms with E-state index < -0.39 is 11.3 Å². The molecule has 1 fully saturated rings. The van der Waals surface area contributed by atoms with Crippen molar-refractivity contribution in [3.8, 4) is 0 Å². The van der Waals surface area contributed by atoms with E-state index in [1.807, 2.05) is 38.1 Å². The summed E-state index contributed by atoms with van der Waals surface area (Å²) in [5, 5.41) is 0. The molecule has 2 amide bonds. The van der Waals surface area contributed by atoms with Crippen molar-refractivity contribution >= 4 is 23.3 Å². The number of benzene rings is 1. The topological polar surface area (TPSA) is 54.5 Å². The fraction of sp³-hybridized carbons (Fsp3) is 0.522. The van der Waals surface area contributed by atoms with Crippen molar-refractivity contribution in [3.63, 3.8) is 0 Å². The maximum atomic E-state index is 13.4. The predicted octanol–water partition coefficient (Wildman–Crippen LogP) is 4.57. The number of carbonyl (C=O) groups is 3. The van der Waals surface area contributed by atoms with Gasteiger partial charge < -0.3 is 0 Å². The van der Waals surface area contributed by atoms with Crippen molar-refractivity contribution in [2.45, 2.75) is 65.7 Å². The standard InChI is InChI=1S/C23H29NO3/c1-22(2,3)17-11-6-7-12-19(17)24-20(26)14-18(21(24)27)23(4,5)15-9-8-10-16(25)13-15/h6-7,11-13,18H,8-10,14H2,1-5H3/t18-/m0/s1. The molecular weight excluding hydrogens is 338 g/mol. The van der Waals surface area contributed by atoms with Crippen LogP contribution >= 0.6 is 0 Å². The Kier molecular flexibility index (Phi) is 4.87. The summed E-state index contributed by atoms with van der Waals surface area (Å²) in [5.74, 6) is -0.621. The highest BCUT2D eigenvalue weighted by Gasteiger charge is 2.49. The number of para-hydroxylation sites is 1. The average molecular weight is 367 g/mol. The van der Waals surface area contributed by atoms with E-state index in [2.05, 4.69) is 20.8 Å². The van der Waals surface area contributed by atoms with Crippen molar-refractivity contribution in [1.29, 1.82) is 0 Å². The minimum Gasteiger partial charge on any atom is -0.295 e. The molecule has 0 bridgehead atoms. The third-order valence-corrected chi connectivity index (χ3v) is 6.00. The zero-order valence-electron chi connectivity index (χ0n) is 17.0. The van der Waals surface area contributed by atoms with Gasteiger partial charge in [0.2, 0.25) is 11.8 Å². The lowest BCUT2D eigenvalue weighted by Gasteiger charge is -2.34. The zero-order valence-corrected chi connectivity index (χ0v) is 17.0. The summed E-state index contributed by atoms with van der Waals surface area (Å²) in [6, 6.07) is 7.65. The molecule has 0 saturated carbocycles. The Bertz CT molecular complexity index is 826. The van der Waals surface area contributed by atoms with Crippen molar-refractivity contribution in [3.05, 3.63) is 41.5 Å². The van der Waals surface area contributed by atoms with Crippen LogP contribution in [0.1, 0.15) is 65.9 Å². The number of rotatable bonds is 3. The Hall–Kier alpha value is -2.23. The molecule has 3 rings (SSSR count). The van der Waals surface area contributed by atoms with Gasteiger partial charge in [-0.3, -0.25) is 14.4 Å². The molecule has 4 nitrogen and oxygen atoms in total. The van der Waals surface area contributed by atoms with Crippen LogP contribution in [0.5, 0.6) is 0 Å². The molecule has 2 aliphatic rings. The number of amides is 2. The van der Waals surface area contributed by atoms with Crippen LogP contribution in [0.15, 0.2) is 35.9 Å². The van der Waals surface area contributed by atoms with Gasteiger partial charge in [0.1, 0.15) is 0 Å². The van der Waals surface area contributed by atoms with Gasteiger partial charge in [-0.25, -0.2) is 4.90 Å². The second-order valence-electron chi connectivity index (χ2n) is 9.30. The van der Waals surface area contributed by atoms with Crippen molar-refractivity contribution in [2.24, 2.45) is 11.3 Å². The first-order valence-corrected chi connectivity index (χ1v) is 9.73. The quantitative estimate of drug-likeness (QED) is 0.736. The number of anilines is 1. The van der Waals surface area contributed by atoms with Gasteiger partial charge in [-0.1, -0.05) is 58.4 Å². The molecule has 4 heteroatoms. The molecule has 0 N–H and O–H groups in total. The highest BCUT2D eigenvalue weighted by molar-refractivity contribution is 6.21. The molecule has 0 radical (unpaired) electrons. The summed E-state index contributed by atoms with van der Waals surface area (Å²) in [6.45, 7) is 10.2. The molecular formula is C23H29NO3. The molecule has 1 aliphatic carbocycles. The van der Waals surface area contributed by atoms with Crippen LogP contribution in [-0.2, 0) is 19.8 Å². The monoisotopic (exact) mass is 367 g/mol. The molecule has 0 spiro atoms. The van der Waals surface area contributed by atoms with E-state index in [1.165, 1.54) is 4.90 Å². The van der Waals surface area contributed by atoms with Crippen LogP contribution < -0.4 is 4.90 Å². The predicted molar refractivity (Wildman–Crippen MR) is 106 cm³/mol. The van der Waals surface area contributed by atoms with Crippen LogP contribution in [0.2, 0.25) is 0 Å². The van der Waals surface area contributed by atoms with Crippen molar-refractivity contribution < 1.29 is 14.4 Å². The van der Waals surface area contributed by atoms with Gasteiger partial charge in [-0.15, -0.1) is 0 Å². The molecule has 1 aliphatic heterocycles. The van der Waals surface area contributed by atoms with Crippen LogP contribution in [0, 0.1) is 11.3 Å². The minimum absolute atomic E-state index is 0.121. The Morgan fingerprint density at radius 2 is 1.63 bits per heavy atom. The summed E-state index contributed by atoms with van der Waals surface area (Å²) < 4.78 is 0. The Morgan fingerprint density at radius 3 is 2.26 bits per heavy atom. The summed E-state index contributed by atoms with van der Waals surface area (Å²) in [5.41, 5.74) is 1.98. The van der Waals surface area contributed by atoms with Gasteiger partial charge in [0.25, 0.3) is 0 Å². The first-order chi connectivity index (χ1) is 12.5. The SMILES string of the molecule is CC(C)(C)c1ccccc1N1C(=O)C[C@H](C(C)(C)C2=CC(=O)CCC2)C1=O. The van der Waals surface area contributed by atoms with Crippen molar-refractivity contribution in [1.82, 2.24) is 0 Å². The van der Waals surface area contributed by atoms with E-state index in [1.54, 1.807) is 6.08 Å². The minimum atomic E-state index is -0.506. The van der Waals surface area contributed by atoms with Gasteiger partial charge in [0.15, 0.2) is 5.78 Å². The maximum Gasteiger partial charge on any atom is 0.238 e. The fourth-order valence-electron chi connectivity index (χ4n) is 4.28. The van der Waals surface area contributed by atoms with Crippen LogP contribution in [0.3, 0.4) is 0 Å². The highest BCUT2D eigenvalue weighted by atomic mass is 16.2. The van der Waals surface area contributed by atoms with Gasteiger partial charge >= 0.3 is 0 Å². The Morgan fingerprint density at radius 1 is 0.963 bits per heavy atom. The zero-order chi connectivity index (χ0) is 20.0. The van der Waals surface area contributed by atoms with Crippen molar-refractivity contribution in [2.75, 3.05) is 4.90 Å². The average Bonchev–Trinajstić information content (AvgIpc) is 2.89. The Labute approximate surface area is 161 Å². The molecule has 144 valence electrons. The number of hydrogen-bond donors (Lipinski definition) is 0. The lowest BCUT2D eigenvalue weighted by atomic mass is 9.69. The summed E-state index contributed by atoms with van der Waals surface area (Å²) in [7, 11) is 0. The number of hydrogen-bond acceptors (Lipinski definition) is 3. The molecule has 0 unspecified atom stereocenters. The van der Waals surface area contributed by atoms with Gasteiger partial charge in [-0.05, 0) is 41.4 Å². The highest BCUT2D eigenvalue weighted by Crippen LogP contribution is 2.46. The number of carbonyl (C=O) groups excluding carboxylic acids is 3. The smallest absolute Gasteiger partial charge is 0.238 e. The molecule has 27 heavy (non-hydrogen) atoms. The number of nitrogens with zero attached hydrogens (tertiary/aromatic N) is 1. The van der Waals surface area contributed by atoms with Crippen LogP contribution in [0.25, 0.3) is 0 Å². The van der Waals surface area contributed by atoms with E-state index in [4.69, 9.17) is 0 Å². The molecule has 1 atom stereocenters. The molecule has 1 heterocycles. The second kappa shape index (κ2) is 6.74. The van der Waals surface area contributed by atoms with Crippen LogP contribution in [0.4, 0.5) is 5.69 Å². The van der Waals surface area contributed by atoms with E-state index in [9.17, 15) is 14.4 Å². The fourth-order valence-corrected chi connectivity index (χ4v) is 4.28. The number of allylic oxidation sites excluding steroid dienone is 2. The summed E-state index contributed by atoms with van der Waals surface area (Å²) in [6.07, 6.45) is 4.10. The van der Waals surface area contributed by atoms with Gasteiger partial charge in [0, 0.05) is 12.8 Å². The first kappa shape index (κ1) is 19.5. The largest absolute Gasteiger partial charge is 0.295 e. The van der Waals surface area contributed by atoms with Crippen LogP contribution in [-0.4, -0.2) is 17.6 Å². The van der Waals surface area contributed by atoms with E-state index in [0.29, 0.717) is 12.1 Å². The first-order valence-electron chi connectivity index (χ1n) is 9.73. The van der Waals surface area contributed by atoms with Gasteiger partial charge in [-0.2, -0.15) is 0 Å². The lowest BCUT2D eigenvalue weighted by molar-refractivity contribution is -0.124. The maximum absolute atomic E-state index is 13.4. The molecule has 1 aromatic carbocycles. The number of imide groups is 1. The summed E-state index contributed by atoms with van der Waals surface area (Å²) >= 11 is 0. The third-order valence-electron chi connectivity index (χ3n) is 6.00. The van der Waals surface area contributed by atoms with Gasteiger partial charge in [0.05, 0.1) is 11.6 Å². The molecule has 1 saturated heterocycles. The lowest BCUT2D eigenvalue weighted by Crippen LogP contribution is -2.37. The second-order valence-corrected chi connectivity index (χ2v) is 9.30. The normalized spacial score (nSPS) is 21.7. The van der Waals surface area contributed by atoms with E-state index in [-0.39, 0.29) is 29.4 Å². The molecule has 1 aromatic rings. The summed E-state index contributed by atoms with van der Waals surface area (Å²) in [4.78, 5) is 39.5.